The van der Waals surface area contributed by atoms with Crippen molar-refractivity contribution in [2.45, 2.75) is 89.5 Å². The van der Waals surface area contributed by atoms with Gasteiger partial charge in [0.05, 0.1) is 18.0 Å². The van der Waals surface area contributed by atoms with Crippen LogP contribution in [0.5, 0.6) is 0 Å². The minimum atomic E-state index is -1.24. The minimum absolute atomic E-state index is 0.0562. The normalized spacial score (nSPS) is 18.3. The lowest BCUT2D eigenvalue weighted by molar-refractivity contribution is -0.156. The Morgan fingerprint density at radius 3 is 2.28 bits per heavy atom. The topological polar surface area (TPSA) is 125 Å². The van der Waals surface area contributed by atoms with Gasteiger partial charge in [0.2, 0.25) is 23.6 Å². The molecule has 0 aromatic heterocycles. The van der Waals surface area contributed by atoms with E-state index in [1.54, 1.807) is 35.8 Å². The predicted octanol–water partition coefficient (Wildman–Crippen LogP) is 4.24. The van der Waals surface area contributed by atoms with Crippen molar-refractivity contribution in [2.75, 3.05) is 13.1 Å². The van der Waals surface area contributed by atoms with E-state index in [9.17, 15) is 23.6 Å². The molecule has 1 aliphatic heterocycles. The Kier molecular flexibility index (Phi) is 10.3. The molecule has 2 unspecified atom stereocenters. The van der Waals surface area contributed by atoms with Crippen LogP contribution in [0.4, 0.5) is 4.39 Å². The van der Waals surface area contributed by atoms with Gasteiger partial charge in [-0.3, -0.25) is 19.2 Å². The van der Waals surface area contributed by atoms with Gasteiger partial charge in [-0.25, -0.2) is 4.39 Å². The monoisotopic (exact) mass is 643 g/mol. The van der Waals surface area contributed by atoms with Gasteiger partial charge in [-0.2, -0.15) is 0 Å². The molecule has 2 fully saturated rings. The highest BCUT2D eigenvalue weighted by atomic mass is 19.1. The number of nitrogens with zero attached hydrogens (tertiary/aromatic N) is 2. The number of carbonyl (C=O) groups is 4. The smallest absolute Gasteiger partial charge is 0.246 e. The quantitative estimate of drug-likeness (QED) is 0.273. The maximum Gasteiger partial charge on any atom is 0.246 e. The Morgan fingerprint density at radius 2 is 1.64 bits per heavy atom. The van der Waals surface area contributed by atoms with Crippen LogP contribution >= 0.6 is 0 Å². The van der Waals surface area contributed by atoms with Crippen LogP contribution in [-0.2, 0) is 25.6 Å². The van der Waals surface area contributed by atoms with Crippen LogP contribution in [0.3, 0.4) is 0 Å². The van der Waals surface area contributed by atoms with Crippen LogP contribution in [0.1, 0.15) is 70.5 Å². The Morgan fingerprint density at radius 1 is 0.957 bits per heavy atom. The van der Waals surface area contributed by atoms with E-state index in [-0.39, 0.29) is 49.7 Å². The van der Waals surface area contributed by atoms with Crippen LogP contribution in [0.15, 0.2) is 66.7 Å². The van der Waals surface area contributed by atoms with Crippen molar-refractivity contribution in [2.24, 2.45) is 11.7 Å². The highest BCUT2D eigenvalue weighted by molar-refractivity contribution is 5.95. The van der Waals surface area contributed by atoms with Gasteiger partial charge in [-0.1, -0.05) is 61.4 Å². The first-order valence-electron chi connectivity index (χ1n) is 16.5. The third kappa shape index (κ3) is 8.54. The van der Waals surface area contributed by atoms with Gasteiger partial charge in [0.15, 0.2) is 0 Å². The van der Waals surface area contributed by atoms with Crippen molar-refractivity contribution < 1.29 is 23.6 Å². The molecular formula is C37H46FN5O4. The second-order valence-corrected chi connectivity index (χ2v) is 13.9. The fourth-order valence-corrected chi connectivity index (χ4v) is 6.26. The Labute approximate surface area is 276 Å². The molecule has 4 N–H and O–H groups in total. The maximum atomic E-state index is 14.5. The van der Waals surface area contributed by atoms with Crippen molar-refractivity contribution in [1.82, 2.24) is 20.4 Å². The molecule has 2 aliphatic rings. The zero-order valence-electron chi connectivity index (χ0n) is 27.7. The van der Waals surface area contributed by atoms with Gasteiger partial charge >= 0.3 is 0 Å². The number of nitrogens with one attached hydrogen (secondary N) is 2. The SMILES string of the molecule is CC(C)NC(=O)CC(c1ccc2ccccc2c1)N1CCN(C(=O)C(Cc2ccc(F)cc2)NC(=O)C(C)(C)N)[C@@H](CC2CC2)C1=O. The van der Waals surface area contributed by atoms with Gasteiger partial charge in [0.25, 0.3) is 0 Å². The second kappa shape index (κ2) is 14.2. The molecule has 9 nitrogen and oxygen atoms in total. The van der Waals surface area contributed by atoms with Gasteiger partial charge in [0.1, 0.15) is 17.9 Å². The largest absolute Gasteiger partial charge is 0.354 e. The van der Waals surface area contributed by atoms with Crippen LogP contribution in [0, 0.1) is 11.7 Å². The number of halogens is 1. The summed E-state index contributed by atoms with van der Waals surface area (Å²) in [6, 6.07) is 17.4. The van der Waals surface area contributed by atoms with E-state index in [2.05, 4.69) is 10.6 Å². The molecule has 0 radical (unpaired) electrons. The standard InChI is InChI=1S/C37H46FN5O4/c1-23(2)40-33(44)22-31(28-14-13-26-7-5-6-8-27(26)21-28)42-17-18-43(32(35(42)46)20-25-9-10-25)34(45)30(41-36(47)37(3,4)39)19-24-11-15-29(38)16-12-24/h5-8,11-16,21,23,25,30-32H,9-10,17-20,22,39H2,1-4H3,(H,40,44)(H,41,47)/t30?,31?,32-/m0/s1. The Bertz CT molecular complexity index is 1610. The van der Waals surface area contributed by atoms with Crippen molar-refractivity contribution in [3.63, 3.8) is 0 Å². The van der Waals surface area contributed by atoms with E-state index in [0.29, 0.717) is 17.9 Å². The number of hydrogen-bond acceptors (Lipinski definition) is 5. The molecule has 3 atom stereocenters. The Balaban J connectivity index is 1.46. The number of fused-ring (bicyclic) bond motifs is 1. The summed E-state index contributed by atoms with van der Waals surface area (Å²) >= 11 is 0. The first kappa shape index (κ1) is 34.0. The zero-order valence-corrected chi connectivity index (χ0v) is 27.7. The average molecular weight is 644 g/mol. The molecule has 1 heterocycles. The summed E-state index contributed by atoms with van der Waals surface area (Å²) in [5.74, 6) is -1.35. The van der Waals surface area contributed by atoms with Crippen molar-refractivity contribution in [3.05, 3.63) is 83.7 Å². The van der Waals surface area contributed by atoms with Crippen molar-refractivity contribution >= 4 is 34.4 Å². The summed E-state index contributed by atoms with van der Waals surface area (Å²) in [7, 11) is 0. The van der Waals surface area contributed by atoms with E-state index in [1.807, 2.05) is 56.3 Å². The molecule has 4 amide bonds. The summed E-state index contributed by atoms with van der Waals surface area (Å²) in [6.45, 7) is 7.37. The summed E-state index contributed by atoms with van der Waals surface area (Å²) in [5, 5.41) is 7.86. The van der Waals surface area contributed by atoms with Crippen LogP contribution < -0.4 is 16.4 Å². The van der Waals surface area contributed by atoms with E-state index in [4.69, 9.17) is 5.73 Å². The van der Waals surface area contributed by atoms with Gasteiger partial charge in [0, 0.05) is 25.6 Å². The highest BCUT2D eigenvalue weighted by Crippen LogP contribution is 2.38. The number of benzene rings is 3. The number of piperazine rings is 1. The molecule has 250 valence electrons. The van der Waals surface area contributed by atoms with Crippen molar-refractivity contribution in [3.8, 4) is 0 Å². The van der Waals surface area contributed by atoms with Gasteiger partial charge < -0.3 is 26.2 Å². The predicted molar refractivity (Wildman–Crippen MR) is 179 cm³/mol. The fraction of sp³-hybridized carbons (Fsp3) is 0.459. The molecule has 3 aromatic rings. The first-order valence-corrected chi connectivity index (χ1v) is 16.5. The molecule has 1 saturated carbocycles. The van der Waals surface area contributed by atoms with E-state index >= 15 is 0 Å². The second-order valence-electron chi connectivity index (χ2n) is 13.9. The van der Waals surface area contributed by atoms with Gasteiger partial charge in [-0.05, 0) is 80.1 Å². The molecular weight excluding hydrogens is 597 g/mol. The molecule has 47 heavy (non-hydrogen) atoms. The molecule has 0 bridgehead atoms. The fourth-order valence-electron chi connectivity index (χ4n) is 6.26. The maximum absolute atomic E-state index is 14.5. The number of hydrogen-bond donors (Lipinski definition) is 3. The summed E-state index contributed by atoms with van der Waals surface area (Å²) in [4.78, 5) is 58.4. The lowest BCUT2D eigenvalue weighted by Gasteiger charge is -2.45. The number of amides is 4. The molecule has 1 saturated heterocycles. The molecule has 10 heteroatoms. The molecule has 5 rings (SSSR count). The van der Waals surface area contributed by atoms with Crippen LogP contribution in [0.2, 0.25) is 0 Å². The third-order valence-electron chi connectivity index (χ3n) is 8.97. The zero-order chi connectivity index (χ0) is 33.9. The summed E-state index contributed by atoms with van der Waals surface area (Å²) in [6.07, 6.45) is 2.66. The molecule has 3 aromatic carbocycles. The number of rotatable bonds is 12. The lowest BCUT2D eigenvalue weighted by atomic mass is 9.94. The van der Waals surface area contributed by atoms with Crippen LogP contribution in [-0.4, -0.2) is 70.2 Å². The minimum Gasteiger partial charge on any atom is -0.354 e. The number of nitrogens with two attached hydrogens (primary N) is 1. The van der Waals surface area contributed by atoms with Crippen LogP contribution in [0.25, 0.3) is 10.8 Å². The third-order valence-corrected chi connectivity index (χ3v) is 8.97. The Hall–Kier alpha value is -4.31. The molecule has 1 aliphatic carbocycles. The van der Waals surface area contributed by atoms with Gasteiger partial charge in [-0.15, -0.1) is 0 Å². The summed E-state index contributed by atoms with van der Waals surface area (Å²) in [5.41, 5.74) is 6.35. The van der Waals surface area contributed by atoms with Crippen molar-refractivity contribution in [1.29, 1.82) is 0 Å². The van der Waals surface area contributed by atoms with E-state index in [0.717, 1.165) is 29.2 Å². The average Bonchev–Trinajstić information content (AvgIpc) is 3.84. The van der Waals surface area contributed by atoms with E-state index in [1.165, 1.54) is 12.1 Å². The summed E-state index contributed by atoms with van der Waals surface area (Å²) < 4.78 is 13.7. The number of carbonyl (C=O) groups excluding carboxylic acids is 4. The lowest BCUT2D eigenvalue weighted by Crippen LogP contribution is -2.64. The first-order chi connectivity index (χ1) is 22.3. The highest BCUT2D eigenvalue weighted by Gasteiger charge is 2.45. The molecule has 0 spiro atoms. The van der Waals surface area contributed by atoms with E-state index < -0.39 is 35.4 Å².